The smallest absolute Gasteiger partial charge is 0.410 e. The molecule has 1 aliphatic heterocycles. The van der Waals surface area contributed by atoms with Gasteiger partial charge in [0.2, 0.25) is 0 Å². The van der Waals surface area contributed by atoms with E-state index in [4.69, 9.17) is 4.74 Å². The van der Waals surface area contributed by atoms with Crippen molar-refractivity contribution >= 4 is 12.4 Å². The molecule has 1 fully saturated rings. The van der Waals surface area contributed by atoms with Gasteiger partial charge in [0.15, 0.2) is 6.29 Å². The Morgan fingerprint density at radius 1 is 1.55 bits per heavy atom. The quantitative estimate of drug-likeness (QED) is 0.796. The molecule has 2 heterocycles. The Balaban J connectivity index is 2.01. The van der Waals surface area contributed by atoms with Crippen LogP contribution in [0.15, 0.2) is 6.20 Å². The molecule has 7 nitrogen and oxygen atoms in total. The van der Waals surface area contributed by atoms with Gasteiger partial charge in [-0.15, -0.1) is 5.10 Å². The van der Waals surface area contributed by atoms with Crippen molar-refractivity contribution in [1.29, 1.82) is 0 Å². The van der Waals surface area contributed by atoms with E-state index < -0.39 is 17.4 Å². The summed E-state index contributed by atoms with van der Waals surface area (Å²) in [7, 11) is 0. The monoisotopic (exact) mass is 312 g/mol. The summed E-state index contributed by atoms with van der Waals surface area (Å²) in [6, 6.07) is 0. The van der Waals surface area contributed by atoms with Crippen LogP contribution in [-0.4, -0.2) is 56.6 Å². The lowest BCUT2D eigenvalue weighted by molar-refractivity contribution is -0.0111. The Bertz CT molecular complexity index is 555. The highest BCUT2D eigenvalue weighted by Crippen LogP contribution is 2.28. The van der Waals surface area contributed by atoms with Gasteiger partial charge in [0.25, 0.3) is 0 Å². The number of nitrogens with zero attached hydrogens (tertiary/aromatic N) is 4. The Labute approximate surface area is 128 Å². The standard InChI is InChI=1S/C14H21FN4O3/c1-13(2,3)22-12(21)18-6-4-5-14(15,9-18)10-19-7-11(8-20)16-17-19/h7-8H,4-6,9-10H2,1-3H3. The number of halogens is 1. The first-order chi connectivity index (χ1) is 10.2. The van der Waals surface area contributed by atoms with Gasteiger partial charge >= 0.3 is 6.09 Å². The zero-order valence-corrected chi connectivity index (χ0v) is 13.1. The van der Waals surface area contributed by atoms with Gasteiger partial charge < -0.3 is 9.64 Å². The molecule has 8 heteroatoms. The normalized spacial score (nSPS) is 22.5. The molecule has 1 aliphatic rings. The first-order valence-corrected chi connectivity index (χ1v) is 7.23. The number of aldehydes is 1. The number of carbonyl (C=O) groups excluding carboxylic acids is 2. The van der Waals surface area contributed by atoms with Crippen LogP contribution in [0.2, 0.25) is 0 Å². The molecule has 22 heavy (non-hydrogen) atoms. The molecular formula is C14H21FN4O3. The van der Waals surface area contributed by atoms with E-state index in [1.54, 1.807) is 20.8 Å². The molecule has 1 amide bonds. The van der Waals surface area contributed by atoms with E-state index in [1.807, 2.05) is 0 Å². The highest BCUT2D eigenvalue weighted by atomic mass is 19.1. The van der Waals surface area contributed by atoms with Gasteiger partial charge in [-0.1, -0.05) is 5.21 Å². The third-order valence-corrected chi connectivity index (χ3v) is 3.30. The van der Waals surface area contributed by atoms with Crippen LogP contribution < -0.4 is 0 Å². The van der Waals surface area contributed by atoms with Gasteiger partial charge in [-0.05, 0) is 33.6 Å². The fourth-order valence-corrected chi connectivity index (χ4v) is 2.43. The lowest BCUT2D eigenvalue weighted by atomic mass is 9.95. The average Bonchev–Trinajstić information content (AvgIpc) is 2.83. The Morgan fingerprint density at radius 2 is 2.27 bits per heavy atom. The molecule has 1 aromatic heterocycles. The molecular weight excluding hydrogens is 291 g/mol. The molecule has 1 saturated heterocycles. The van der Waals surface area contributed by atoms with Crippen molar-refractivity contribution in [3.05, 3.63) is 11.9 Å². The predicted octanol–water partition coefficient (Wildman–Crippen LogP) is 1.83. The maximum Gasteiger partial charge on any atom is 0.410 e. The number of ether oxygens (including phenoxy) is 1. The molecule has 1 aromatic rings. The fraction of sp³-hybridized carbons (Fsp3) is 0.714. The van der Waals surface area contributed by atoms with Crippen molar-refractivity contribution < 1.29 is 18.7 Å². The van der Waals surface area contributed by atoms with Crippen LogP contribution >= 0.6 is 0 Å². The Hall–Kier alpha value is -1.99. The Kier molecular flexibility index (Phi) is 4.48. The first kappa shape index (κ1) is 16.4. The van der Waals surface area contributed by atoms with Crippen LogP contribution in [0.3, 0.4) is 0 Å². The predicted molar refractivity (Wildman–Crippen MR) is 76.3 cm³/mol. The summed E-state index contributed by atoms with van der Waals surface area (Å²) in [6.45, 7) is 5.68. The van der Waals surface area contributed by atoms with Crippen molar-refractivity contribution in [3.63, 3.8) is 0 Å². The number of hydrogen-bond donors (Lipinski definition) is 0. The average molecular weight is 312 g/mol. The largest absolute Gasteiger partial charge is 0.444 e. The van der Waals surface area contributed by atoms with Crippen molar-refractivity contribution in [3.8, 4) is 0 Å². The van der Waals surface area contributed by atoms with Crippen molar-refractivity contribution in [2.75, 3.05) is 13.1 Å². The van der Waals surface area contributed by atoms with E-state index in [1.165, 1.54) is 15.8 Å². The summed E-state index contributed by atoms with van der Waals surface area (Å²) >= 11 is 0. The third-order valence-electron chi connectivity index (χ3n) is 3.30. The van der Waals surface area contributed by atoms with Crippen LogP contribution in [0, 0.1) is 0 Å². The molecule has 0 spiro atoms. The van der Waals surface area contributed by atoms with Gasteiger partial charge in [-0.2, -0.15) is 0 Å². The van der Waals surface area contributed by atoms with Gasteiger partial charge in [0, 0.05) is 6.54 Å². The molecule has 1 atom stereocenters. The number of rotatable bonds is 3. The third kappa shape index (κ3) is 4.25. The second-order valence-electron chi connectivity index (χ2n) is 6.62. The number of alkyl halides is 1. The number of carbonyl (C=O) groups is 2. The molecule has 1 unspecified atom stereocenters. The van der Waals surface area contributed by atoms with Gasteiger partial charge in [0.1, 0.15) is 17.0 Å². The number of amides is 1. The van der Waals surface area contributed by atoms with E-state index >= 15 is 0 Å². The van der Waals surface area contributed by atoms with Crippen LogP contribution in [0.1, 0.15) is 44.1 Å². The number of piperidine rings is 1. The molecule has 0 radical (unpaired) electrons. The van der Waals surface area contributed by atoms with Crippen LogP contribution in [-0.2, 0) is 11.3 Å². The van der Waals surface area contributed by atoms with Gasteiger partial charge in [-0.3, -0.25) is 4.79 Å². The highest BCUT2D eigenvalue weighted by molar-refractivity contribution is 5.70. The van der Waals surface area contributed by atoms with E-state index in [9.17, 15) is 14.0 Å². The highest BCUT2D eigenvalue weighted by Gasteiger charge is 2.39. The Morgan fingerprint density at radius 3 is 2.86 bits per heavy atom. The molecule has 2 rings (SSSR count). The summed E-state index contributed by atoms with van der Waals surface area (Å²) in [5.74, 6) is 0. The SMILES string of the molecule is CC(C)(C)OC(=O)N1CCCC(F)(Cn2cc(C=O)nn2)C1. The molecule has 0 N–H and O–H groups in total. The van der Waals surface area contributed by atoms with Crippen molar-refractivity contribution in [1.82, 2.24) is 19.9 Å². The summed E-state index contributed by atoms with van der Waals surface area (Å²) in [5.41, 5.74) is -2.07. The van der Waals surface area contributed by atoms with Crippen LogP contribution in [0.4, 0.5) is 9.18 Å². The molecule has 0 aromatic carbocycles. The topological polar surface area (TPSA) is 77.3 Å². The second kappa shape index (κ2) is 6.02. The van der Waals surface area contributed by atoms with Gasteiger partial charge in [0.05, 0.1) is 19.3 Å². The minimum Gasteiger partial charge on any atom is -0.444 e. The first-order valence-electron chi connectivity index (χ1n) is 7.23. The summed E-state index contributed by atoms with van der Waals surface area (Å²) < 4.78 is 21.6. The zero-order chi connectivity index (χ0) is 16.4. The summed E-state index contributed by atoms with van der Waals surface area (Å²) in [6.07, 6.45) is 2.30. The lowest BCUT2D eigenvalue weighted by Crippen LogP contribution is -2.51. The number of hydrogen-bond acceptors (Lipinski definition) is 5. The maximum atomic E-state index is 15.0. The van der Waals surface area contributed by atoms with Crippen LogP contribution in [0.5, 0.6) is 0 Å². The van der Waals surface area contributed by atoms with Gasteiger partial charge in [-0.25, -0.2) is 13.9 Å². The van der Waals surface area contributed by atoms with E-state index in [0.717, 1.165) is 0 Å². The van der Waals surface area contributed by atoms with E-state index in [2.05, 4.69) is 10.3 Å². The van der Waals surface area contributed by atoms with Crippen molar-refractivity contribution in [2.45, 2.75) is 51.4 Å². The number of likely N-dealkylation sites (tertiary alicyclic amines) is 1. The molecule has 0 saturated carbocycles. The fourth-order valence-electron chi connectivity index (χ4n) is 2.43. The minimum absolute atomic E-state index is 0.0485. The minimum atomic E-state index is -1.61. The second-order valence-corrected chi connectivity index (χ2v) is 6.62. The molecule has 122 valence electrons. The summed E-state index contributed by atoms with van der Waals surface area (Å²) in [4.78, 5) is 24.0. The van der Waals surface area contributed by atoms with E-state index in [0.29, 0.717) is 25.7 Å². The zero-order valence-electron chi connectivity index (χ0n) is 13.1. The maximum absolute atomic E-state index is 15.0. The molecule has 0 aliphatic carbocycles. The van der Waals surface area contributed by atoms with Crippen molar-refractivity contribution in [2.24, 2.45) is 0 Å². The lowest BCUT2D eigenvalue weighted by Gasteiger charge is -2.37. The molecule has 0 bridgehead atoms. The number of aromatic nitrogens is 3. The van der Waals surface area contributed by atoms with Crippen LogP contribution in [0.25, 0.3) is 0 Å². The van der Waals surface area contributed by atoms with E-state index in [-0.39, 0.29) is 18.8 Å². The summed E-state index contributed by atoms with van der Waals surface area (Å²) in [5, 5.41) is 7.32.